The van der Waals surface area contributed by atoms with Gasteiger partial charge in [0.25, 0.3) is 0 Å². The SMILES string of the molecule is CC(c1ccccc1Cl)N(C)c1cccc(Cl)n1. The van der Waals surface area contributed by atoms with Gasteiger partial charge in [-0.05, 0) is 30.7 Å². The van der Waals surface area contributed by atoms with Crippen LogP contribution in [0.5, 0.6) is 0 Å². The molecule has 0 saturated heterocycles. The van der Waals surface area contributed by atoms with Crippen LogP contribution in [0, 0.1) is 0 Å². The van der Waals surface area contributed by atoms with Crippen molar-refractivity contribution in [2.24, 2.45) is 0 Å². The molecule has 0 aliphatic rings. The Bertz CT molecular complexity index is 543. The Morgan fingerprint density at radius 2 is 1.78 bits per heavy atom. The Morgan fingerprint density at radius 1 is 1.06 bits per heavy atom. The molecule has 0 aliphatic heterocycles. The van der Waals surface area contributed by atoms with Gasteiger partial charge >= 0.3 is 0 Å². The molecule has 0 aliphatic carbocycles. The van der Waals surface area contributed by atoms with E-state index in [0.29, 0.717) is 5.15 Å². The van der Waals surface area contributed by atoms with E-state index >= 15 is 0 Å². The first-order valence-electron chi connectivity index (χ1n) is 5.69. The van der Waals surface area contributed by atoms with Crippen LogP contribution < -0.4 is 4.90 Å². The van der Waals surface area contributed by atoms with Gasteiger partial charge in [0, 0.05) is 12.1 Å². The summed E-state index contributed by atoms with van der Waals surface area (Å²) in [5, 5.41) is 1.25. The van der Waals surface area contributed by atoms with Gasteiger partial charge in [-0.2, -0.15) is 0 Å². The summed E-state index contributed by atoms with van der Waals surface area (Å²) < 4.78 is 0. The van der Waals surface area contributed by atoms with Gasteiger partial charge < -0.3 is 4.90 Å². The zero-order valence-corrected chi connectivity index (χ0v) is 11.8. The minimum atomic E-state index is 0.129. The van der Waals surface area contributed by atoms with Crippen LogP contribution in [0.4, 0.5) is 5.82 Å². The van der Waals surface area contributed by atoms with Crippen LogP contribution in [0.2, 0.25) is 10.2 Å². The average Bonchev–Trinajstić information content (AvgIpc) is 2.37. The van der Waals surface area contributed by atoms with Gasteiger partial charge in [0.1, 0.15) is 11.0 Å². The number of halogens is 2. The van der Waals surface area contributed by atoms with Gasteiger partial charge in [0.2, 0.25) is 0 Å². The molecule has 0 fully saturated rings. The van der Waals surface area contributed by atoms with Gasteiger partial charge in [-0.15, -0.1) is 0 Å². The highest BCUT2D eigenvalue weighted by Gasteiger charge is 2.15. The van der Waals surface area contributed by atoms with Gasteiger partial charge in [-0.25, -0.2) is 4.98 Å². The predicted molar refractivity (Wildman–Crippen MR) is 77.5 cm³/mol. The van der Waals surface area contributed by atoms with Gasteiger partial charge in [-0.1, -0.05) is 47.5 Å². The molecule has 2 rings (SSSR count). The zero-order chi connectivity index (χ0) is 13.1. The lowest BCUT2D eigenvalue weighted by Crippen LogP contribution is -2.22. The van der Waals surface area contributed by atoms with Crippen molar-refractivity contribution in [1.82, 2.24) is 4.98 Å². The van der Waals surface area contributed by atoms with Crippen molar-refractivity contribution < 1.29 is 0 Å². The molecule has 0 radical (unpaired) electrons. The first-order valence-corrected chi connectivity index (χ1v) is 6.45. The van der Waals surface area contributed by atoms with Crippen LogP contribution in [0.3, 0.4) is 0 Å². The Balaban J connectivity index is 2.29. The third-order valence-electron chi connectivity index (χ3n) is 3.00. The molecule has 1 aromatic carbocycles. The largest absolute Gasteiger partial charge is 0.353 e. The lowest BCUT2D eigenvalue weighted by Gasteiger charge is -2.27. The molecule has 2 nitrogen and oxygen atoms in total. The summed E-state index contributed by atoms with van der Waals surface area (Å²) in [6, 6.07) is 13.5. The van der Waals surface area contributed by atoms with Crippen molar-refractivity contribution in [3.8, 4) is 0 Å². The Labute approximate surface area is 117 Å². The fourth-order valence-corrected chi connectivity index (χ4v) is 2.27. The Kier molecular flexibility index (Phi) is 4.10. The van der Waals surface area contributed by atoms with Crippen molar-refractivity contribution >= 4 is 29.0 Å². The van der Waals surface area contributed by atoms with Crippen molar-refractivity contribution in [3.05, 3.63) is 58.2 Å². The lowest BCUT2D eigenvalue weighted by atomic mass is 10.1. The number of aromatic nitrogens is 1. The van der Waals surface area contributed by atoms with Crippen LogP contribution in [0.1, 0.15) is 18.5 Å². The quantitative estimate of drug-likeness (QED) is 0.765. The van der Waals surface area contributed by atoms with Gasteiger partial charge in [-0.3, -0.25) is 0 Å². The summed E-state index contributed by atoms with van der Waals surface area (Å²) in [5.41, 5.74) is 1.07. The van der Waals surface area contributed by atoms with Crippen molar-refractivity contribution in [3.63, 3.8) is 0 Å². The summed E-state index contributed by atoms with van der Waals surface area (Å²) in [5.74, 6) is 0.829. The molecular weight excluding hydrogens is 267 g/mol. The highest BCUT2D eigenvalue weighted by Crippen LogP contribution is 2.29. The Morgan fingerprint density at radius 3 is 2.44 bits per heavy atom. The second-order valence-corrected chi connectivity index (χ2v) is 4.92. The van der Waals surface area contributed by atoms with Crippen LogP contribution in [0.25, 0.3) is 0 Å². The molecule has 0 spiro atoms. The predicted octanol–water partition coefficient (Wildman–Crippen LogP) is 4.59. The van der Waals surface area contributed by atoms with E-state index in [4.69, 9.17) is 23.2 Å². The zero-order valence-electron chi connectivity index (χ0n) is 10.3. The second-order valence-electron chi connectivity index (χ2n) is 4.13. The maximum Gasteiger partial charge on any atom is 0.131 e. The normalized spacial score (nSPS) is 12.2. The highest BCUT2D eigenvalue weighted by molar-refractivity contribution is 6.31. The fourth-order valence-electron chi connectivity index (χ4n) is 1.81. The standard InChI is InChI=1S/C14H14Cl2N2/c1-10(11-6-3-4-7-12(11)15)18(2)14-9-5-8-13(16)17-14/h3-10H,1-2H3. The van der Waals surface area contributed by atoms with Crippen LogP contribution in [-0.2, 0) is 0 Å². The number of anilines is 1. The lowest BCUT2D eigenvalue weighted by molar-refractivity contribution is 0.729. The second kappa shape index (κ2) is 5.59. The maximum absolute atomic E-state index is 6.21. The van der Waals surface area contributed by atoms with Crippen LogP contribution >= 0.6 is 23.2 Å². The van der Waals surface area contributed by atoms with Crippen molar-refractivity contribution in [2.45, 2.75) is 13.0 Å². The number of benzene rings is 1. The van der Waals surface area contributed by atoms with E-state index in [1.165, 1.54) is 0 Å². The Hall–Kier alpha value is -1.25. The van der Waals surface area contributed by atoms with Gasteiger partial charge in [0.15, 0.2) is 0 Å². The molecule has 0 amide bonds. The minimum Gasteiger partial charge on any atom is -0.353 e. The summed E-state index contributed by atoms with van der Waals surface area (Å²) in [6.45, 7) is 2.09. The van der Waals surface area contributed by atoms with E-state index < -0.39 is 0 Å². The number of rotatable bonds is 3. The molecule has 18 heavy (non-hydrogen) atoms. The molecule has 4 heteroatoms. The van der Waals surface area contributed by atoms with Crippen LogP contribution in [0.15, 0.2) is 42.5 Å². The maximum atomic E-state index is 6.21. The van der Waals surface area contributed by atoms with E-state index in [1.807, 2.05) is 48.3 Å². The molecule has 1 atom stereocenters. The molecule has 1 unspecified atom stereocenters. The van der Waals surface area contributed by atoms with Crippen molar-refractivity contribution in [1.29, 1.82) is 0 Å². The third kappa shape index (κ3) is 2.77. The van der Waals surface area contributed by atoms with E-state index in [0.717, 1.165) is 16.4 Å². The molecule has 94 valence electrons. The van der Waals surface area contributed by atoms with E-state index in [-0.39, 0.29) is 6.04 Å². The average molecular weight is 281 g/mol. The molecular formula is C14H14Cl2N2. The molecule has 0 bridgehead atoms. The minimum absolute atomic E-state index is 0.129. The first-order chi connectivity index (χ1) is 8.59. The monoisotopic (exact) mass is 280 g/mol. The molecule has 0 N–H and O–H groups in total. The highest BCUT2D eigenvalue weighted by atomic mass is 35.5. The van der Waals surface area contributed by atoms with E-state index in [2.05, 4.69) is 11.9 Å². The third-order valence-corrected chi connectivity index (χ3v) is 3.55. The smallest absolute Gasteiger partial charge is 0.131 e. The summed E-state index contributed by atoms with van der Waals surface area (Å²) in [6.07, 6.45) is 0. The molecule has 1 aromatic heterocycles. The number of nitrogens with zero attached hydrogens (tertiary/aromatic N) is 2. The molecule has 2 aromatic rings. The topological polar surface area (TPSA) is 16.1 Å². The van der Waals surface area contributed by atoms with E-state index in [9.17, 15) is 0 Å². The van der Waals surface area contributed by atoms with Crippen LogP contribution in [-0.4, -0.2) is 12.0 Å². The van der Waals surface area contributed by atoms with E-state index in [1.54, 1.807) is 6.07 Å². The fraction of sp³-hybridized carbons (Fsp3) is 0.214. The molecule has 0 saturated carbocycles. The summed E-state index contributed by atoms with van der Waals surface area (Å²) in [7, 11) is 1.98. The molecule has 1 heterocycles. The van der Waals surface area contributed by atoms with Gasteiger partial charge in [0.05, 0.1) is 6.04 Å². The number of pyridine rings is 1. The summed E-state index contributed by atoms with van der Waals surface area (Å²) in [4.78, 5) is 6.35. The number of hydrogen-bond donors (Lipinski definition) is 0. The number of hydrogen-bond acceptors (Lipinski definition) is 2. The summed E-state index contributed by atoms with van der Waals surface area (Å²) >= 11 is 12.1. The van der Waals surface area contributed by atoms with Crippen molar-refractivity contribution in [2.75, 3.05) is 11.9 Å². The first kappa shape index (κ1) is 13.2.